The molecular formula is C9H10F3N3OS. The van der Waals surface area contributed by atoms with Crippen LogP contribution in [0.4, 0.5) is 18.3 Å². The standard InChI is InChI=1S/C9H10F3N3OS/c10-9(11,12)6-13-7(17-14-6)15-3-8(16,4-15)5-1-2-5/h5,16H,1-4H2. The van der Waals surface area contributed by atoms with Crippen LogP contribution in [0.2, 0.25) is 0 Å². The molecule has 0 radical (unpaired) electrons. The van der Waals surface area contributed by atoms with E-state index in [1.165, 1.54) is 0 Å². The number of rotatable bonds is 2. The summed E-state index contributed by atoms with van der Waals surface area (Å²) in [6.45, 7) is 0.730. The van der Waals surface area contributed by atoms with Gasteiger partial charge < -0.3 is 10.0 Å². The van der Waals surface area contributed by atoms with E-state index in [4.69, 9.17) is 0 Å². The minimum Gasteiger partial charge on any atom is -0.386 e. The van der Waals surface area contributed by atoms with Crippen LogP contribution in [-0.2, 0) is 6.18 Å². The second-order valence-corrected chi connectivity index (χ2v) is 5.36. The Morgan fingerprint density at radius 2 is 2.00 bits per heavy atom. The van der Waals surface area contributed by atoms with Gasteiger partial charge in [-0.05, 0) is 18.8 Å². The number of nitrogens with zero attached hydrogens (tertiary/aromatic N) is 3. The van der Waals surface area contributed by atoms with Crippen molar-refractivity contribution in [3.05, 3.63) is 5.82 Å². The highest BCUT2D eigenvalue weighted by molar-refractivity contribution is 7.09. The van der Waals surface area contributed by atoms with E-state index < -0.39 is 17.6 Å². The molecule has 0 bridgehead atoms. The zero-order valence-corrected chi connectivity index (χ0v) is 9.55. The number of β-amino-alcohol motifs (C(OH)–C–C–N with tert-alkyl or cyclic N) is 1. The van der Waals surface area contributed by atoms with E-state index in [2.05, 4.69) is 9.36 Å². The smallest absolute Gasteiger partial charge is 0.386 e. The van der Waals surface area contributed by atoms with Crippen LogP contribution in [0.1, 0.15) is 18.7 Å². The summed E-state index contributed by atoms with van der Waals surface area (Å²) in [6.07, 6.45) is -2.48. The van der Waals surface area contributed by atoms with Crippen molar-refractivity contribution in [2.45, 2.75) is 24.6 Å². The maximum Gasteiger partial charge on any atom is 0.452 e. The Bertz CT molecular complexity index is 437. The molecule has 17 heavy (non-hydrogen) atoms. The zero-order valence-electron chi connectivity index (χ0n) is 8.74. The Balaban J connectivity index is 1.69. The molecule has 0 atom stereocenters. The molecule has 3 rings (SSSR count). The van der Waals surface area contributed by atoms with Crippen molar-refractivity contribution in [2.24, 2.45) is 5.92 Å². The fourth-order valence-electron chi connectivity index (χ4n) is 2.09. The summed E-state index contributed by atoms with van der Waals surface area (Å²) >= 11 is 0.727. The summed E-state index contributed by atoms with van der Waals surface area (Å²) in [4.78, 5) is 5.09. The number of halogens is 3. The molecule has 1 aliphatic carbocycles. The third kappa shape index (κ3) is 1.89. The minimum atomic E-state index is -4.49. The largest absolute Gasteiger partial charge is 0.452 e. The predicted octanol–water partition coefficient (Wildman–Crippen LogP) is 1.52. The Hall–Kier alpha value is -0.890. The highest BCUT2D eigenvalue weighted by atomic mass is 32.1. The van der Waals surface area contributed by atoms with E-state index >= 15 is 0 Å². The quantitative estimate of drug-likeness (QED) is 0.880. The van der Waals surface area contributed by atoms with E-state index in [0.29, 0.717) is 19.0 Å². The third-order valence-electron chi connectivity index (χ3n) is 3.21. The van der Waals surface area contributed by atoms with Gasteiger partial charge in [-0.3, -0.25) is 0 Å². The van der Waals surface area contributed by atoms with Gasteiger partial charge in [-0.15, -0.1) is 0 Å². The van der Waals surface area contributed by atoms with E-state index in [-0.39, 0.29) is 5.13 Å². The van der Waals surface area contributed by atoms with Gasteiger partial charge in [0.1, 0.15) is 5.60 Å². The molecule has 1 aromatic rings. The molecule has 8 heteroatoms. The predicted molar refractivity (Wildman–Crippen MR) is 54.8 cm³/mol. The molecule has 0 spiro atoms. The van der Waals surface area contributed by atoms with Crippen LogP contribution in [0.15, 0.2) is 0 Å². The van der Waals surface area contributed by atoms with Crippen LogP contribution in [0, 0.1) is 5.92 Å². The first-order valence-corrected chi connectivity index (χ1v) is 6.04. The fourth-order valence-corrected chi connectivity index (χ4v) is 2.77. The van der Waals surface area contributed by atoms with E-state index in [1.54, 1.807) is 4.90 Å². The number of aliphatic hydroxyl groups is 1. The minimum absolute atomic E-state index is 0.239. The topological polar surface area (TPSA) is 49.2 Å². The van der Waals surface area contributed by atoms with Crippen LogP contribution >= 0.6 is 11.5 Å². The van der Waals surface area contributed by atoms with Crippen molar-refractivity contribution in [3.63, 3.8) is 0 Å². The van der Waals surface area contributed by atoms with E-state index in [0.717, 1.165) is 24.4 Å². The van der Waals surface area contributed by atoms with Gasteiger partial charge in [-0.1, -0.05) is 0 Å². The van der Waals surface area contributed by atoms with Crippen molar-refractivity contribution < 1.29 is 18.3 Å². The lowest BCUT2D eigenvalue weighted by Crippen LogP contribution is -2.63. The molecule has 1 aromatic heterocycles. The van der Waals surface area contributed by atoms with Gasteiger partial charge in [0.15, 0.2) is 0 Å². The Morgan fingerprint density at radius 1 is 1.35 bits per heavy atom. The Kier molecular flexibility index (Phi) is 2.19. The Labute approximate surface area is 99.2 Å². The molecule has 2 fully saturated rings. The SMILES string of the molecule is OC1(C2CC2)CN(c2nc(C(F)(F)F)ns2)C1. The van der Waals surface area contributed by atoms with Gasteiger partial charge in [0.05, 0.1) is 13.1 Å². The maximum atomic E-state index is 12.3. The fraction of sp³-hybridized carbons (Fsp3) is 0.778. The van der Waals surface area contributed by atoms with Crippen LogP contribution in [-0.4, -0.2) is 33.2 Å². The van der Waals surface area contributed by atoms with Gasteiger partial charge in [0, 0.05) is 11.5 Å². The van der Waals surface area contributed by atoms with Crippen molar-refractivity contribution >= 4 is 16.7 Å². The molecule has 2 heterocycles. The van der Waals surface area contributed by atoms with Crippen molar-refractivity contribution in [3.8, 4) is 0 Å². The lowest BCUT2D eigenvalue weighted by atomic mass is 9.89. The number of hydrogen-bond acceptors (Lipinski definition) is 5. The van der Waals surface area contributed by atoms with Gasteiger partial charge >= 0.3 is 6.18 Å². The summed E-state index contributed by atoms with van der Waals surface area (Å²) in [5.41, 5.74) is -0.718. The maximum absolute atomic E-state index is 12.3. The van der Waals surface area contributed by atoms with Crippen LogP contribution in [0.5, 0.6) is 0 Å². The molecule has 4 nitrogen and oxygen atoms in total. The first-order valence-electron chi connectivity index (χ1n) is 5.27. The summed E-state index contributed by atoms with van der Waals surface area (Å²) in [5, 5.41) is 10.3. The van der Waals surface area contributed by atoms with Crippen LogP contribution in [0.3, 0.4) is 0 Å². The second-order valence-electron chi connectivity index (χ2n) is 4.63. The lowest BCUT2D eigenvalue weighted by Gasteiger charge is -2.46. The number of aromatic nitrogens is 2. The summed E-state index contributed by atoms with van der Waals surface area (Å²) < 4.78 is 40.2. The highest BCUT2D eigenvalue weighted by Gasteiger charge is 2.53. The lowest BCUT2D eigenvalue weighted by molar-refractivity contribution is -0.144. The average molecular weight is 265 g/mol. The molecule has 0 amide bonds. The molecule has 0 unspecified atom stereocenters. The number of anilines is 1. The summed E-state index contributed by atoms with van der Waals surface area (Å²) in [7, 11) is 0. The highest BCUT2D eigenvalue weighted by Crippen LogP contribution is 2.46. The van der Waals surface area contributed by atoms with Gasteiger partial charge in [-0.2, -0.15) is 22.5 Å². The van der Waals surface area contributed by atoms with Crippen molar-refractivity contribution in [2.75, 3.05) is 18.0 Å². The van der Waals surface area contributed by atoms with Gasteiger partial charge in [-0.25, -0.2) is 0 Å². The van der Waals surface area contributed by atoms with E-state index in [9.17, 15) is 18.3 Å². The summed E-state index contributed by atoms with van der Waals surface area (Å²) in [6, 6.07) is 0. The normalized spacial score (nSPS) is 23.6. The first kappa shape index (κ1) is 11.2. The Morgan fingerprint density at radius 3 is 2.47 bits per heavy atom. The molecule has 1 saturated carbocycles. The molecular weight excluding hydrogens is 255 g/mol. The molecule has 1 N–H and O–H groups in total. The third-order valence-corrected chi connectivity index (χ3v) is 3.98. The average Bonchev–Trinajstić information content (AvgIpc) is 2.90. The molecule has 1 saturated heterocycles. The first-order chi connectivity index (χ1) is 7.88. The molecule has 2 aliphatic rings. The van der Waals surface area contributed by atoms with Crippen LogP contribution < -0.4 is 4.90 Å². The molecule has 0 aromatic carbocycles. The molecule has 94 valence electrons. The summed E-state index contributed by atoms with van der Waals surface area (Å²) in [5.74, 6) is -0.784. The molecule has 1 aliphatic heterocycles. The van der Waals surface area contributed by atoms with E-state index in [1.807, 2.05) is 0 Å². The van der Waals surface area contributed by atoms with Gasteiger partial charge in [0.25, 0.3) is 0 Å². The van der Waals surface area contributed by atoms with Crippen molar-refractivity contribution in [1.82, 2.24) is 9.36 Å². The van der Waals surface area contributed by atoms with Gasteiger partial charge in [0.2, 0.25) is 11.0 Å². The number of alkyl halides is 3. The number of hydrogen-bond donors (Lipinski definition) is 1. The zero-order chi connectivity index (χ0) is 12.3. The van der Waals surface area contributed by atoms with Crippen molar-refractivity contribution in [1.29, 1.82) is 0 Å². The van der Waals surface area contributed by atoms with Crippen LogP contribution in [0.25, 0.3) is 0 Å². The second kappa shape index (κ2) is 3.32. The monoisotopic (exact) mass is 265 g/mol.